The maximum absolute atomic E-state index is 11.9. The van der Waals surface area contributed by atoms with Gasteiger partial charge < -0.3 is 10.2 Å². The van der Waals surface area contributed by atoms with Crippen LogP contribution in [0.2, 0.25) is 0 Å². The summed E-state index contributed by atoms with van der Waals surface area (Å²) in [6.45, 7) is 2.25. The summed E-state index contributed by atoms with van der Waals surface area (Å²) in [6, 6.07) is 10.2. The van der Waals surface area contributed by atoms with E-state index in [4.69, 9.17) is 0 Å². The molecule has 8 nitrogen and oxygen atoms in total. The zero-order chi connectivity index (χ0) is 27.6. The van der Waals surface area contributed by atoms with Crippen molar-refractivity contribution in [2.24, 2.45) is 10.2 Å². The Bertz CT molecular complexity index is 1010. The highest BCUT2D eigenvalue weighted by Crippen LogP contribution is 2.33. The molecular formula is C30H43N3O5. The van der Waals surface area contributed by atoms with E-state index in [0.29, 0.717) is 17.7 Å². The number of carboxylic acid groups (broad SMARTS) is 1. The number of hydrogen-bond acceptors (Lipinski definition) is 6. The SMILES string of the molecule is CCCCCCCCCCCCCCCCC(C(=O)O)c1ccc(/N=N/c2ccc([N+](=O)[O-])cc2)c(O)c1. The van der Waals surface area contributed by atoms with Gasteiger partial charge in [-0.3, -0.25) is 14.9 Å². The van der Waals surface area contributed by atoms with E-state index in [1.54, 1.807) is 12.1 Å². The van der Waals surface area contributed by atoms with E-state index in [0.717, 1.165) is 19.3 Å². The van der Waals surface area contributed by atoms with Gasteiger partial charge in [-0.1, -0.05) is 103 Å². The van der Waals surface area contributed by atoms with E-state index < -0.39 is 16.8 Å². The zero-order valence-corrected chi connectivity index (χ0v) is 22.7. The highest BCUT2D eigenvalue weighted by atomic mass is 16.6. The fraction of sp³-hybridized carbons (Fsp3) is 0.567. The lowest BCUT2D eigenvalue weighted by molar-refractivity contribution is -0.384. The first kappa shape index (κ1) is 30.9. The van der Waals surface area contributed by atoms with Crippen molar-refractivity contribution < 1.29 is 19.9 Å². The van der Waals surface area contributed by atoms with Crippen LogP contribution in [0.15, 0.2) is 52.7 Å². The number of rotatable bonds is 20. The third kappa shape index (κ3) is 11.8. The van der Waals surface area contributed by atoms with Crippen molar-refractivity contribution >= 4 is 23.0 Å². The summed E-state index contributed by atoms with van der Waals surface area (Å²) in [7, 11) is 0. The van der Waals surface area contributed by atoms with Crippen molar-refractivity contribution in [2.75, 3.05) is 0 Å². The molecule has 0 saturated heterocycles. The summed E-state index contributed by atoms with van der Waals surface area (Å²) in [5, 5.41) is 38.8. The quantitative estimate of drug-likeness (QED) is 0.0770. The summed E-state index contributed by atoms with van der Waals surface area (Å²) in [5.74, 6) is -1.74. The minimum Gasteiger partial charge on any atom is -0.506 e. The van der Waals surface area contributed by atoms with Gasteiger partial charge in [0.2, 0.25) is 0 Å². The molecule has 0 heterocycles. The number of phenolic OH excluding ortho intramolecular Hbond substituents is 1. The van der Waals surface area contributed by atoms with Crippen LogP contribution < -0.4 is 0 Å². The van der Waals surface area contributed by atoms with Gasteiger partial charge in [-0.15, -0.1) is 5.11 Å². The first-order chi connectivity index (χ1) is 18.4. The topological polar surface area (TPSA) is 125 Å². The van der Waals surface area contributed by atoms with Crippen LogP contribution >= 0.6 is 0 Å². The van der Waals surface area contributed by atoms with Crippen LogP contribution in [0.25, 0.3) is 0 Å². The average molecular weight is 526 g/mol. The second-order valence-corrected chi connectivity index (χ2v) is 10.00. The molecular weight excluding hydrogens is 482 g/mol. The Hall–Kier alpha value is -3.29. The normalized spacial score (nSPS) is 12.1. The van der Waals surface area contributed by atoms with Gasteiger partial charge in [0.15, 0.2) is 0 Å². The summed E-state index contributed by atoms with van der Waals surface area (Å²) >= 11 is 0. The van der Waals surface area contributed by atoms with Crippen LogP contribution in [-0.2, 0) is 4.79 Å². The number of phenols is 1. The maximum atomic E-state index is 11.9. The molecule has 2 N–H and O–H groups in total. The van der Waals surface area contributed by atoms with Crippen molar-refractivity contribution in [2.45, 2.75) is 109 Å². The van der Waals surface area contributed by atoms with Gasteiger partial charge in [-0.05, 0) is 36.2 Å². The highest BCUT2D eigenvalue weighted by molar-refractivity contribution is 5.76. The second-order valence-electron chi connectivity index (χ2n) is 10.00. The number of aliphatic carboxylic acids is 1. The molecule has 8 heteroatoms. The minimum atomic E-state index is -0.903. The smallest absolute Gasteiger partial charge is 0.310 e. The van der Waals surface area contributed by atoms with Crippen LogP contribution in [-0.4, -0.2) is 21.1 Å². The van der Waals surface area contributed by atoms with E-state index >= 15 is 0 Å². The van der Waals surface area contributed by atoms with Gasteiger partial charge in [0, 0.05) is 12.1 Å². The number of unbranched alkanes of at least 4 members (excludes halogenated alkanes) is 13. The van der Waals surface area contributed by atoms with Crippen molar-refractivity contribution in [1.82, 2.24) is 0 Å². The van der Waals surface area contributed by atoms with Crippen LogP contribution in [0, 0.1) is 10.1 Å². The van der Waals surface area contributed by atoms with Crippen molar-refractivity contribution in [3.8, 4) is 5.75 Å². The lowest BCUT2D eigenvalue weighted by atomic mass is 9.92. The molecule has 208 valence electrons. The minimum absolute atomic E-state index is 0.0466. The van der Waals surface area contributed by atoms with Gasteiger partial charge in [0.25, 0.3) is 5.69 Å². The zero-order valence-electron chi connectivity index (χ0n) is 22.7. The number of non-ortho nitro benzene ring substituents is 1. The first-order valence-corrected chi connectivity index (χ1v) is 14.1. The molecule has 0 aliphatic heterocycles. The second kappa shape index (κ2) is 18.0. The molecule has 2 rings (SSSR count). The molecule has 2 aromatic carbocycles. The Morgan fingerprint density at radius 3 is 1.82 bits per heavy atom. The lowest BCUT2D eigenvalue weighted by Crippen LogP contribution is -2.11. The van der Waals surface area contributed by atoms with E-state index in [2.05, 4.69) is 17.2 Å². The Kier molecular flexibility index (Phi) is 14.7. The standard InChI is InChI=1S/C30H43N3O5/c1-2-3-4-5-6-7-8-9-10-11-12-13-14-15-16-27(30(35)36)24-17-22-28(29(34)23-24)32-31-25-18-20-26(21-19-25)33(37)38/h17-23,27,34H,2-16H2,1H3,(H,35,36)/b32-31+. The van der Waals surface area contributed by atoms with E-state index in [-0.39, 0.29) is 17.1 Å². The monoisotopic (exact) mass is 525 g/mol. The maximum Gasteiger partial charge on any atom is 0.310 e. The summed E-state index contributed by atoms with van der Waals surface area (Å²) in [5.41, 5.74) is 1.10. The molecule has 1 unspecified atom stereocenters. The van der Waals surface area contributed by atoms with Crippen molar-refractivity contribution in [3.63, 3.8) is 0 Å². The molecule has 0 aliphatic rings. The third-order valence-electron chi connectivity index (χ3n) is 6.88. The summed E-state index contributed by atoms with van der Waals surface area (Å²) in [6.07, 6.45) is 18.0. The van der Waals surface area contributed by atoms with E-state index in [1.807, 2.05) is 0 Å². The van der Waals surface area contributed by atoms with Gasteiger partial charge in [-0.25, -0.2) is 0 Å². The number of nitro benzene ring substituents is 1. The molecule has 0 aliphatic carbocycles. The molecule has 0 amide bonds. The Morgan fingerprint density at radius 1 is 0.816 bits per heavy atom. The number of nitrogens with zero attached hydrogens (tertiary/aromatic N) is 3. The number of carbonyl (C=O) groups is 1. The Balaban J connectivity index is 1.70. The highest BCUT2D eigenvalue weighted by Gasteiger charge is 2.20. The number of carboxylic acids is 1. The third-order valence-corrected chi connectivity index (χ3v) is 6.88. The van der Waals surface area contributed by atoms with Gasteiger partial charge in [0.05, 0.1) is 16.5 Å². The molecule has 0 bridgehead atoms. The molecule has 0 spiro atoms. The van der Waals surface area contributed by atoms with E-state index in [9.17, 15) is 25.1 Å². The van der Waals surface area contributed by atoms with Gasteiger partial charge in [-0.2, -0.15) is 5.11 Å². The fourth-order valence-electron chi connectivity index (χ4n) is 4.57. The van der Waals surface area contributed by atoms with Crippen LogP contribution in [0.5, 0.6) is 5.75 Å². The van der Waals surface area contributed by atoms with Gasteiger partial charge in [0.1, 0.15) is 11.4 Å². The average Bonchev–Trinajstić information content (AvgIpc) is 2.90. The summed E-state index contributed by atoms with van der Waals surface area (Å²) in [4.78, 5) is 22.1. The number of nitro groups is 1. The van der Waals surface area contributed by atoms with Gasteiger partial charge >= 0.3 is 5.97 Å². The van der Waals surface area contributed by atoms with Crippen LogP contribution in [0.1, 0.15) is 115 Å². The van der Waals surface area contributed by atoms with Crippen LogP contribution in [0.4, 0.5) is 17.1 Å². The Morgan fingerprint density at radius 2 is 1.34 bits per heavy atom. The van der Waals surface area contributed by atoms with Crippen molar-refractivity contribution in [1.29, 1.82) is 0 Å². The summed E-state index contributed by atoms with van der Waals surface area (Å²) < 4.78 is 0. The number of azo groups is 1. The molecule has 0 fully saturated rings. The molecule has 0 saturated carbocycles. The Labute approximate surface area is 226 Å². The first-order valence-electron chi connectivity index (χ1n) is 14.1. The van der Waals surface area contributed by atoms with Crippen LogP contribution in [0.3, 0.4) is 0 Å². The fourth-order valence-corrected chi connectivity index (χ4v) is 4.57. The molecule has 38 heavy (non-hydrogen) atoms. The lowest BCUT2D eigenvalue weighted by Gasteiger charge is -2.13. The van der Waals surface area contributed by atoms with Crippen molar-refractivity contribution in [3.05, 3.63) is 58.1 Å². The molecule has 1 atom stereocenters. The molecule has 2 aromatic rings. The largest absolute Gasteiger partial charge is 0.506 e. The predicted molar refractivity (Wildman–Crippen MR) is 151 cm³/mol. The number of hydrogen-bond donors (Lipinski definition) is 2. The molecule has 0 aromatic heterocycles. The van der Waals surface area contributed by atoms with E-state index in [1.165, 1.54) is 101 Å². The number of benzene rings is 2. The molecule has 0 radical (unpaired) electrons. The number of aromatic hydroxyl groups is 1. The predicted octanol–water partition coefficient (Wildman–Crippen LogP) is 9.76.